The lowest BCUT2D eigenvalue weighted by Gasteiger charge is -2.61. The second kappa shape index (κ2) is 9.68. The van der Waals surface area contributed by atoms with Gasteiger partial charge in [-0.15, -0.1) is 0 Å². The number of benzene rings is 1. The zero-order chi connectivity index (χ0) is 25.9. The number of carbonyl (C=O) groups is 1. The van der Waals surface area contributed by atoms with Crippen molar-refractivity contribution in [1.82, 2.24) is 0 Å². The highest BCUT2D eigenvalue weighted by molar-refractivity contribution is 5.94. The Kier molecular flexibility index (Phi) is 6.78. The molecule has 1 N–H and O–H groups in total. The van der Waals surface area contributed by atoms with Gasteiger partial charge in [0.1, 0.15) is 0 Å². The monoisotopic (exact) mass is 505 g/mol. The van der Waals surface area contributed by atoms with Crippen LogP contribution in [0, 0.1) is 53.3 Å². The summed E-state index contributed by atoms with van der Waals surface area (Å²) in [5, 5.41) is 10.4. The minimum atomic E-state index is -0.0505. The van der Waals surface area contributed by atoms with Crippen molar-refractivity contribution in [2.24, 2.45) is 46.3 Å². The maximum absolute atomic E-state index is 13.4. The first kappa shape index (κ1) is 25.9. The third kappa shape index (κ3) is 4.30. The largest absolute Gasteiger partial charge is 0.393 e. The predicted molar refractivity (Wildman–Crippen MR) is 151 cm³/mol. The summed E-state index contributed by atoms with van der Waals surface area (Å²) in [7, 11) is 0. The molecule has 1 aromatic rings. The fourth-order valence-corrected chi connectivity index (χ4v) is 10.9. The molecule has 0 radical (unpaired) electrons. The molecular formula is C34H51NO2. The number of hydrogen-bond acceptors (Lipinski definition) is 2. The van der Waals surface area contributed by atoms with Crippen LogP contribution in [-0.2, 0) is 11.2 Å². The van der Waals surface area contributed by atoms with Gasteiger partial charge in [0.15, 0.2) is 0 Å². The quantitative estimate of drug-likeness (QED) is 0.455. The van der Waals surface area contributed by atoms with Gasteiger partial charge in [-0.1, -0.05) is 38.5 Å². The van der Waals surface area contributed by atoms with Crippen LogP contribution in [0.25, 0.3) is 0 Å². The Morgan fingerprint density at radius 2 is 1.84 bits per heavy atom. The van der Waals surface area contributed by atoms with Crippen molar-refractivity contribution in [3.63, 3.8) is 0 Å². The van der Waals surface area contributed by atoms with Crippen molar-refractivity contribution in [3.8, 4) is 0 Å². The number of carbonyl (C=O) groups excluding carboxylic acids is 1. The van der Waals surface area contributed by atoms with Gasteiger partial charge in [-0.05, 0) is 142 Å². The summed E-state index contributed by atoms with van der Waals surface area (Å²) >= 11 is 0. The Balaban J connectivity index is 1.11. The average molecular weight is 506 g/mol. The van der Waals surface area contributed by atoms with Crippen LogP contribution in [0.4, 0.5) is 5.69 Å². The van der Waals surface area contributed by atoms with Gasteiger partial charge >= 0.3 is 0 Å². The molecule has 0 saturated heterocycles. The number of hydrogen-bond donors (Lipinski definition) is 1. The molecule has 6 unspecified atom stereocenters. The van der Waals surface area contributed by atoms with Crippen LogP contribution in [0.1, 0.15) is 109 Å². The molecule has 5 aliphatic rings. The Hall–Kier alpha value is -1.35. The number of nitrogens with zero attached hydrogens (tertiary/aromatic N) is 1. The standard InChI is InChI=1S/C34H51NO2/c1-22-7-13-31-24(20-22)6-5-19-35(31)32(37)14-8-23(2)28-11-12-29-27-10-9-25-21-26(36)15-17-33(25,3)30(27)16-18-34(28,29)4/h7,13,20,23,25-30,36H,5-6,8-12,14-19,21H2,1-4H3/t23-,25?,26-,27?,28-,29?,30?,33?,34?/m1/s1. The molecule has 0 bridgehead atoms. The Morgan fingerprint density at radius 3 is 2.68 bits per heavy atom. The highest BCUT2D eigenvalue weighted by Gasteiger charge is 2.60. The highest BCUT2D eigenvalue weighted by Crippen LogP contribution is 2.68. The average Bonchev–Trinajstić information content (AvgIpc) is 3.24. The van der Waals surface area contributed by atoms with Crippen LogP contribution >= 0.6 is 0 Å². The van der Waals surface area contributed by atoms with E-state index in [1.807, 2.05) is 0 Å². The lowest BCUT2D eigenvalue weighted by atomic mass is 9.44. The number of rotatable bonds is 4. The molecule has 1 amide bonds. The molecule has 4 saturated carbocycles. The second-order valence-electron chi connectivity index (χ2n) is 14.6. The fraction of sp³-hybridized carbons (Fsp3) is 0.794. The van der Waals surface area contributed by atoms with E-state index in [2.05, 4.69) is 50.8 Å². The van der Waals surface area contributed by atoms with E-state index in [-0.39, 0.29) is 6.10 Å². The summed E-state index contributed by atoms with van der Waals surface area (Å²) in [5.74, 6) is 5.10. The summed E-state index contributed by atoms with van der Waals surface area (Å²) in [6, 6.07) is 6.61. The molecule has 1 aromatic carbocycles. The van der Waals surface area contributed by atoms with E-state index in [1.165, 1.54) is 61.8 Å². The van der Waals surface area contributed by atoms with E-state index in [0.717, 1.165) is 68.2 Å². The molecule has 3 heteroatoms. The fourth-order valence-electron chi connectivity index (χ4n) is 10.9. The van der Waals surface area contributed by atoms with E-state index in [1.54, 1.807) is 0 Å². The van der Waals surface area contributed by atoms with Crippen molar-refractivity contribution in [1.29, 1.82) is 0 Å². The molecule has 9 atom stereocenters. The van der Waals surface area contributed by atoms with E-state index < -0.39 is 0 Å². The normalized spacial score (nSPS) is 41.8. The zero-order valence-electron chi connectivity index (χ0n) is 24.0. The van der Waals surface area contributed by atoms with Crippen LogP contribution in [0.15, 0.2) is 18.2 Å². The smallest absolute Gasteiger partial charge is 0.226 e. The molecular weight excluding hydrogens is 454 g/mol. The van der Waals surface area contributed by atoms with E-state index in [9.17, 15) is 9.90 Å². The molecule has 37 heavy (non-hydrogen) atoms. The maximum Gasteiger partial charge on any atom is 0.226 e. The van der Waals surface area contributed by atoms with Crippen molar-refractivity contribution >= 4 is 11.6 Å². The lowest BCUT2D eigenvalue weighted by Crippen LogP contribution is -2.54. The van der Waals surface area contributed by atoms with Gasteiger partial charge in [-0.2, -0.15) is 0 Å². The lowest BCUT2D eigenvalue weighted by molar-refractivity contribution is -0.129. The van der Waals surface area contributed by atoms with Crippen molar-refractivity contribution < 1.29 is 9.90 Å². The van der Waals surface area contributed by atoms with Crippen LogP contribution in [0.3, 0.4) is 0 Å². The second-order valence-corrected chi connectivity index (χ2v) is 14.6. The molecule has 4 aliphatic carbocycles. The molecule has 6 rings (SSSR count). The van der Waals surface area contributed by atoms with E-state index >= 15 is 0 Å². The van der Waals surface area contributed by atoms with Crippen molar-refractivity contribution in [3.05, 3.63) is 29.3 Å². The van der Waals surface area contributed by atoms with Gasteiger partial charge in [0.2, 0.25) is 5.91 Å². The number of aryl methyl sites for hydroxylation is 2. The first-order valence-corrected chi connectivity index (χ1v) is 15.8. The van der Waals surface area contributed by atoms with Gasteiger partial charge < -0.3 is 10.0 Å². The van der Waals surface area contributed by atoms with Crippen LogP contribution in [-0.4, -0.2) is 23.7 Å². The number of aliphatic hydroxyl groups is 1. The highest BCUT2D eigenvalue weighted by atomic mass is 16.3. The first-order valence-electron chi connectivity index (χ1n) is 15.8. The molecule has 204 valence electrons. The Bertz CT molecular complexity index is 1020. The number of aliphatic hydroxyl groups excluding tert-OH is 1. The Labute approximate surface area is 225 Å². The van der Waals surface area contributed by atoms with E-state index in [4.69, 9.17) is 0 Å². The number of fused-ring (bicyclic) bond motifs is 6. The minimum Gasteiger partial charge on any atom is -0.393 e. The summed E-state index contributed by atoms with van der Waals surface area (Å²) in [6.45, 7) is 10.7. The summed E-state index contributed by atoms with van der Waals surface area (Å²) in [5.41, 5.74) is 4.73. The predicted octanol–water partition coefficient (Wildman–Crippen LogP) is 7.71. The van der Waals surface area contributed by atoms with Gasteiger partial charge in [0, 0.05) is 18.7 Å². The van der Waals surface area contributed by atoms with Crippen LogP contribution < -0.4 is 4.90 Å². The minimum absolute atomic E-state index is 0.0505. The SMILES string of the molecule is Cc1ccc2c(c1)CCCN2C(=O)CC[C@@H](C)[C@H]1CCC2C3CCC4C[C@H](O)CCC4(C)C3CCC21C. The molecule has 3 nitrogen and oxygen atoms in total. The molecule has 0 aromatic heterocycles. The summed E-state index contributed by atoms with van der Waals surface area (Å²) < 4.78 is 0. The van der Waals surface area contributed by atoms with Crippen molar-refractivity contribution in [2.75, 3.05) is 11.4 Å². The number of amides is 1. The van der Waals surface area contributed by atoms with Crippen molar-refractivity contribution in [2.45, 2.75) is 117 Å². The molecule has 1 aliphatic heterocycles. The van der Waals surface area contributed by atoms with E-state index in [0.29, 0.717) is 29.1 Å². The topological polar surface area (TPSA) is 40.5 Å². The number of anilines is 1. The molecule has 4 fully saturated rings. The van der Waals surface area contributed by atoms with Gasteiger partial charge in [0.05, 0.1) is 6.10 Å². The van der Waals surface area contributed by atoms with Crippen LogP contribution in [0.5, 0.6) is 0 Å². The third-order valence-electron chi connectivity index (χ3n) is 12.9. The molecule has 0 spiro atoms. The van der Waals surface area contributed by atoms with Gasteiger partial charge in [-0.25, -0.2) is 0 Å². The Morgan fingerprint density at radius 1 is 1.05 bits per heavy atom. The maximum atomic E-state index is 13.4. The van der Waals surface area contributed by atoms with Gasteiger partial charge in [0.25, 0.3) is 0 Å². The third-order valence-corrected chi connectivity index (χ3v) is 12.9. The van der Waals surface area contributed by atoms with Crippen LogP contribution in [0.2, 0.25) is 0 Å². The summed E-state index contributed by atoms with van der Waals surface area (Å²) in [6.07, 6.45) is 15.5. The zero-order valence-corrected chi connectivity index (χ0v) is 24.0. The van der Waals surface area contributed by atoms with Gasteiger partial charge in [-0.3, -0.25) is 4.79 Å². The molecule has 1 heterocycles. The first-order chi connectivity index (χ1) is 17.7. The summed E-state index contributed by atoms with van der Waals surface area (Å²) in [4.78, 5) is 15.5.